The summed E-state index contributed by atoms with van der Waals surface area (Å²) in [5.74, 6) is 7.63. The number of hydrogen-bond donors (Lipinski definition) is 3. The quantitative estimate of drug-likeness (QED) is 0.163. The third kappa shape index (κ3) is 11.5. The summed E-state index contributed by atoms with van der Waals surface area (Å²) in [6.45, 7) is 7.89. The van der Waals surface area contributed by atoms with E-state index in [1.165, 1.54) is 0 Å². The summed E-state index contributed by atoms with van der Waals surface area (Å²) in [6, 6.07) is 11.8. The Morgan fingerprint density at radius 1 is 1.20 bits per heavy atom. The Hall–Kier alpha value is -2.83. The van der Waals surface area contributed by atoms with E-state index in [4.69, 9.17) is 4.74 Å². The van der Waals surface area contributed by atoms with Gasteiger partial charge >= 0.3 is 6.18 Å². The maximum absolute atomic E-state index is 14.6. The van der Waals surface area contributed by atoms with Crippen molar-refractivity contribution in [3.63, 3.8) is 0 Å². The number of thioether (sulfide) groups is 1. The number of allylic oxidation sites excluding steroid dienone is 1. The average Bonchev–Trinajstić information content (AvgIpc) is 2.93. The molecule has 0 bridgehead atoms. The molecule has 4 nitrogen and oxygen atoms in total. The average molecular weight is 595 g/mol. The van der Waals surface area contributed by atoms with E-state index in [0.717, 1.165) is 45.6 Å². The molecule has 3 unspecified atom stereocenters. The molecule has 0 spiro atoms. The molecule has 3 rings (SSSR count). The number of hydrogen-bond acceptors (Lipinski definition) is 5. The number of anilines is 2. The predicted octanol–water partition coefficient (Wildman–Crippen LogP) is 8.50. The minimum atomic E-state index is -3.96. The van der Waals surface area contributed by atoms with Crippen LogP contribution < -0.4 is 15.4 Å². The van der Waals surface area contributed by atoms with Crippen molar-refractivity contribution in [1.29, 1.82) is 0 Å². The Morgan fingerprint density at radius 2 is 1.90 bits per heavy atom. The van der Waals surface area contributed by atoms with Crippen molar-refractivity contribution in [2.75, 3.05) is 30.5 Å². The maximum Gasteiger partial charge on any atom is 0.388 e. The largest absolute Gasteiger partial charge is 0.495 e. The number of aliphatic hydroxyl groups is 1. The monoisotopic (exact) mass is 594 g/mol. The van der Waals surface area contributed by atoms with Gasteiger partial charge in [0.05, 0.1) is 31.5 Å². The van der Waals surface area contributed by atoms with Crippen molar-refractivity contribution >= 4 is 29.2 Å². The van der Waals surface area contributed by atoms with Crippen molar-refractivity contribution in [2.45, 2.75) is 82.8 Å². The first-order valence-electron chi connectivity index (χ1n) is 13.8. The second-order valence-electron chi connectivity index (χ2n) is 10.2. The van der Waals surface area contributed by atoms with E-state index in [-0.39, 0.29) is 18.4 Å². The summed E-state index contributed by atoms with van der Waals surface area (Å²) in [5.41, 5.74) is 4.98. The summed E-state index contributed by atoms with van der Waals surface area (Å²) in [6.07, 6.45) is -0.707. The number of benzene rings is 2. The molecule has 0 amide bonds. The third-order valence-electron chi connectivity index (χ3n) is 6.74. The highest BCUT2D eigenvalue weighted by Crippen LogP contribution is 2.31. The number of aliphatic hydroxyl groups excluding tert-OH is 1. The summed E-state index contributed by atoms with van der Waals surface area (Å²) >= 11 is 1.68. The van der Waals surface area contributed by atoms with Gasteiger partial charge in [-0.25, -0.2) is 4.39 Å². The van der Waals surface area contributed by atoms with E-state index >= 15 is 0 Å². The van der Waals surface area contributed by atoms with Gasteiger partial charge < -0.3 is 20.5 Å². The van der Waals surface area contributed by atoms with Crippen LogP contribution in [0.1, 0.15) is 57.6 Å². The SMILES string of the molecule is CCC(F)(F)F.COc1cc(SC)ccc1NCC#C/C(=C/c1c(C)cccc1NC1CCC(O)CC1F)C(C)C. The smallest absolute Gasteiger partial charge is 0.388 e. The first kappa shape index (κ1) is 34.4. The highest BCUT2D eigenvalue weighted by molar-refractivity contribution is 7.98. The first-order valence-corrected chi connectivity index (χ1v) is 15.0. The molecule has 1 fully saturated rings. The molecule has 2 aromatic rings. The molecule has 2 aromatic carbocycles. The minimum Gasteiger partial charge on any atom is -0.495 e. The molecule has 1 aliphatic carbocycles. The molecular weight excluding hydrogens is 552 g/mol. The van der Waals surface area contributed by atoms with Crippen LogP contribution in [0.15, 0.2) is 46.9 Å². The fourth-order valence-electron chi connectivity index (χ4n) is 4.19. The minimum absolute atomic E-state index is 0.190. The summed E-state index contributed by atoms with van der Waals surface area (Å²) in [7, 11) is 1.67. The van der Waals surface area contributed by atoms with Crippen LogP contribution in [0.2, 0.25) is 0 Å². The standard InChI is InChI=1S/C29H37FN2O2S.C3H5F3/c1-19(2)21(9-7-15-31-28-14-12-23(35-5)18-29(28)34-4)16-24-20(3)8-6-10-26(24)32-27-13-11-22(33)17-25(27)30;1-2-3(4,5)6/h6,8,10,12,14,16,18-19,22,25,27,31-33H,11,13,15,17H2,1-5H3;2H2,1H3/b21-16-;. The molecule has 0 saturated heterocycles. The molecule has 0 aliphatic heterocycles. The summed E-state index contributed by atoms with van der Waals surface area (Å²) in [4.78, 5) is 1.15. The van der Waals surface area contributed by atoms with Gasteiger partial charge in [-0.2, -0.15) is 13.2 Å². The second-order valence-corrected chi connectivity index (χ2v) is 11.1. The van der Waals surface area contributed by atoms with Crippen LogP contribution in [0.25, 0.3) is 6.08 Å². The second kappa shape index (κ2) is 16.6. The van der Waals surface area contributed by atoms with E-state index in [0.29, 0.717) is 19.4 Å². The number of rotatable bonds is 8. The van der Waals surface area contributed by atoms with Gasteiger partial charge in [-0.15, -0.1) is 11.8 Å². The normalized spacial score (nSPS) is 19.0. The number of alkyl halides is 4. The van der Waals surface area contributed by atoms with Crippen LogP contribution in [0.3, 0.4) is 0 Å². The third-order valence-corrected chi connectivity index (χ3v) is 7.47. The Bertz CT molecular complexity index is 1200. The van der Waals surface area contributed by atoms with Crippen molar-refractivity contribution < 1.29 is 27.4 Å². The lowest BCUT2D eigenvalue weighted by Crippen LogP contribution is -2.38. The predicted molar refractivity (Wildman–Crippen MR) is 164 cm³/mol. The number of ether oxygens (including phenoxy) is 1. The zero-order valence-electron chi connectivity index (χ0n) is 24.7. The lowest BCUT2D eigenvalue weighted by molar-refractivity contribution is -0.130. The fourth-order valence-corrected chi connectivity index (χ4v) is 4.62. The van der Waals surface area contributed by atoms with Crippen molar-refractivity contribution in [2.24, 2.45) is 5.92 Å². The van der Waals surface area contributed by atoms with Gasteiger partial charge in [0.25, 0.3) is 0 Å². The lowest BCUT2D eigenvalue weighted by atomic mass is 9.90. The molecule has 9 heteroatoms. The van der Waals surface area contributed by atoms with Gasteiger partial charge in [-0.3, -0.25) is 0 Å². The zero-order chi connectivity index (χ0) is 30.6. The van der Waals surface area contributed by atoms with Gasteiger partial charge in [-0.1, -0.05) is 44.7 Å². The Kier molecular flexibility index (Phi) is 13.9. The highest BCUT2D eigenvalue weighted by atomic mass is 32.2. The van der Waals surface area contributed by atoms with Crippen LogP contribution in [0.4, 0.5) is 28.9 Å². The Balaban J connectivity index is 0.000000883. The zero-order valence-corrected chi connectivity index (χ0v) is 25.5. The summed E-state index contributed by atoms with van der Waals surface area (Å²) < 4.78 is 52.4. The van der Waals surface area contributed by atoms with Crippen LogP contribution >= 0.6 is 11.8 Å². The van der Waals surface area contributed by atoms with Gasteiger partial charge in [-0.05, 0) is 67.8 Å². The van der Waals surface area contributed by atoms with Crippen molar-refractivity contribution in [1.82, 2.24) is 0 Å². The summed E-state index contributed by atoms with van der Waals surface area (Å²) in [5, 5.41) is 16.5. The molecule has 3 atom stereocenters. The molecule has 226 valence electrons. The molecule has 1 aliphatic rings. The molecule has 41 heavy (non-hydrogen) atoms. The number of halogens is 4. The molecule has 0 radical (unpaired) electrons. The lowest BCUT2D eigenvalue weighted by Gasteiger charge is -2.31. The Labute approximate surface area is 246 Å². The molecular formula is C32H42F4N2O2S. The maximum atomic E-state index is 14.6. The van der Waals surface area contributed by atoms with E-state index in [1.54, 1.807) is 18.9 Å². The Morgan fingerprint density at radius 3 is 2.49 bits per heavy atom. The molecule has 1 saturated carbocycles. The number of aryl methyl sites for hydroxylation is 1. The van der Waals surface area contributed by atoms with Crippen LogP contribution in [-0.4, -0.2) is 49.5 Å². The van der Waals surface area contributed by atoms with E-state index in [9.17, 15) is 22.7 Å². The van der Waals surface area contributed by atoms with Crippen molar-refractivity contribution in [3.8, 4) is 17.6 Å². The van der Waals surface area contributed by atoms with Crippen LogP contribution in [-0.2, 0) is 0 Å². The van der Waals surface area contributed by atoms with E-state index in [1.807, 2.05) is 30.5 Å². The highest BCUT2D eigenvalue weighted by Gasteiger charge is 2.30. The van der Waals surface area contributed by atoms with Crippen LogP contribution in [0.5, 0.6) is 5.75 Å². The van der Waals surface area contributed by atoms with Crippen LogP contribution in [0, 0.1) is 24.7 Å². The molecule has 0 heterocycles. The number of nitrogens with one attached hydrogen (secondary N) is 2. The molecule has 3 N–H and O–H groups in total. The van der Waals surface area contributed by atoms with Crippen molar-refractivity contribution in [3.05, 3.63) is 53.1 Å². The molecule has 0 aromatic heterocycles. The van der Waals surface area contributed by atoms with Gasteiger partial charge in [0.1, 0.15) is 11.9 Å². The van der Waals surface area contributed by atoms with Gasteiger partial charge in [0.2, 0.25) is 0 Å². The van der Waals surface area contributed by atoms with Gasteiger partial charge in [0.15, 0.2) is 0 Å². The van der Waals surface area contributed by atoms with Gasteiger partial charge in [0, 0.05) is 34.6 Å². The number of methoxy groups -OCH3 is 1. The van der Waals surface area contributed by atoms with E-state index in [2.05, 4.69) is 61.5 Å². The first-order chi connectivity index (χ1) is 19.4. The van der Waals surface area contributed by atoms with E-state index < -0.39 is 24.9 Å². The fraction of sp³-hybridized carbons (Fsp3) is 0.500. The topological polar surface area (TPSA) is 53.5 Å².